The van der Waals surface area contributed by atoms with Crippen molar-refractivity contribution in [3.8, 4) is 6.07 Å². The van der Waals surface area contributed by atoms with Crippen molar-refractivity contribution < 1.29 is 8.42 Å². The van der Waals surface area contributed by atoms with Crippen LogP contribution in [0.3, 0.4) is 0 Å². The fourth-order valence-corrected chi connectivity index (χ4v) is 3.19. The van der Waals surface area contributed by atoms with Gasteiger partial charge >= 0.3 is 0 Å². The van der Waals surface area contributed by atoms with Gasteiger partial charge in [-0.05, 0) is 46.9 Å². The summed E-state index contributed by atoms with van der Waals surface area (Å²) in [4.78, 5) is 0.230. The highest BCUT2D eigenvalue weighted by atomic mass is 127. The molecule has 0 bridgehead atoms. The molecule has 0 aliphatic carbocycles. The van der Waals surface area contributed by atoms with Gasteiger partial charge < -0.3 is 0 Å². The fourth-order valence-electron chi connectivity index (χ4n) is 1.53. The molecule has 0 unspecified atom stereocenters. The van der Waals surface area contributed by atoms with Crippen molar-refractivity contribution in [3.05, 3.63) is 45.8 Å². The van der Waals surface area contributed by atoms with Crippen LogP contribution in [0.4, 0.5) is 0 Å². The molecule has 0 aliphatic heterocycles. The largest absolute Gasteiger partial charge is 0.271 e. The Morgan fingerprint density at radius 2 is 2.00 bits per heavy atom. The number of aromatic nitrogens is 2. The van der Waals surface area contributed by atoms with E-state index in [-0.39, 0.29) is 10.6 Å². The topological polar surface area (TPSA) is 75.8 Å². The summed E-state index contributed by atoms with van der Waals surface area (Å²) in [5, 5.41) is 12.7. The van der Waals surface area contributed by atoms with Crippen LogP contribution >= 0.6 is 22.6 Å². The highest BCUT2D eigenvalue weighted by Crippen LogP contribution is 2.13. The third kappa shape index (κ3) is 3.54. The van der Waals surface area contributed by atoms with E-state index in [4.69, 9.17) is 5.26 Å². The van der Waals surface area contributed by atoms with Gasteiger partial charge in [-0.25, -0.2) is 8.42 Å². The zero-order chi connectivity index (χ0) is 13.9. The van der Waals surface area contributed by atoms with Crippen molar-refractivity contribution in [2.24, 2.45) is 0 Å². The molecule has 0 spiro atoms. The predicted octanol–water partition coefficient (Wildman–Crippen LogP) is 1.83. The minimum atomic E-state index is -3.35. The molecule has 0 radical (unpaired) electrons. The molecule has 2 rings (SSSR count). The van der Waals surface area contributed by atoms with E-state index in [1.165, 1.54) is 24.3 Å². The molecule has 1 heterocycles. The number of aryl methyl sites for hydroxylation is 1. The Morgan fingerprint density at radius 1 is 1.32 bits per heavy atom. The number of nitrogens with zero attached hydrogens (tertiary/aromatic N) is 3. The normalized spacial score (nSPS) is 11.2. The van der Waals surface area contributed by atoms with Gasteiger partial charge in [-0.15, -0.1) is 0 Å². The molecule has 0 saturated carbocycles. The molecule has 0 amide bonds. The van der Waals surface area contributed by atoms with E-state index in [0.29, 0.717) is 12.1 Å². The number of hydrogen-bond donors (Lipinski definition) is 0. The van der Waals surface area contributed by atoms with E-state index in [9.17, 15) is 8.42 Å². The molecule has 0 saturated heterocycles. The van der Waals surface area contributed by atoms with Gasteiger partial charge in [0, 0.05) is 6.20 Å². The van der Waals surface area contributed by atoms with Crippen LogP contribution in [0.5, 0.6) is 0 Å². The van der Waals surface area contributed by atoms with Crippen LogP contribution in [0.25, 0.3) is 0 Å². The zero-order valence-corrected chi connectivity index (χ0v) is 12.8. The Kier molecular flexibility index (Phi) is 4.21. The van der Waals surface area contributed by atoms with Gasteiger partial charge in [0.25, 0.3) is 0 Å². The summed E-state index contributed by atoms with van der Waals surface area (Å²) in [6.45, 7) is 0.311. The van der Waals surface area contributed by atoms with Crippen molar-refractivity contribution in [3.63, 3.8) is 0 Å². The summed E-state index contributed by atoms with van der Waals surface area (Å²) >= 11 is 2.12. The summed E-state index contributed by atoms with van der Waals surface area (Å²) in [6, 6.07) is 7.88. The zero-order valence-electron chi connectivity index (χ0n) is 9.82. The molecular formula is C12H10IN3O2S. The maximum absolute atomic E-state index is 12.1. The van der Waals surface area contributed by atoms with E-state index in [2.05, 4.69) is 27.7 Å². The maximum atomic E-state index is 12.1. The minimum Gasteiger partial charge on any atom is -0.271 e. The highest BCUT2D eigenvalue weighted by Gasteiger charge is 2.14. The van der Waals surface area contributed by atoms with Crippen LogP contribution < -0.4 is 0 Å². The first-order valence-electron chi connectivity index (χ1n) is 5.42. The number of nitriles is 1. The monoisotopic (exact) mass is 387 g/mol. The lowest BCUT2D eigenvalue weighted by Gasteiger charge is -2.04. The number of halogens is 1. The van der Waals surface area contributed by atoms with Gasteiger partial charge in [0.2, 0.25) is 0 Å². The van der Waals surface area contributed by atoms with Crippen molar-refractivity contribution >= 4 is 32.4 Å². The number of rotatable bonds is 4. The average molecular weight is 387 g/mol. The Morgan fingerprint density at radius 3 is 2.53 bits per heavy atom. The van der Waals surface area contributed by atoms with Gasteiger partial charge in [0.1, 0.15) is 0 Å². The van der Waals surface area contributed by atoms with Gasteiger partial charge in [-0.1, -0.05) is 0 Å². The van der Waals surface area contributed by atoms with Crippen LogP contribution in [0, 0.1) is 14.9 Å². The number of hydrogen-bond acceptors (Lipinski definition) is 4. The third-order valence-electron chi connectivity index (χ3n) is 2.53. The van der Waals surface area contributed by atoms with Crippen LogP contribution in [-0.2, 0) is 16.4 Å². The van der Waals surface area contributed by atoms with Gasteiger partial charge in [-0.2, -0.15) is 10.4 Å². The first-order chi connectivity index (χ1) is 9.01. The molecule has 1 aromatic carbocycles. The van der Waals surface area contributed by atoms with Crippen molar-refractivity contribution in [1.29, 1.82) is 5.26 Å². The van der Waals surface area contributed by atoms with Gasteiger partial charge in [0.15, 0.2) is 9.84 Å². The number of benzene rings is 1. The first kappa shape index (κ1) is 14.0. The summed E-state index contributed by atoms with van der Waals surface area (Å²) in [7, 11) is -3.35. The summed E-state index contributed by atoms with van der Waals surface area (Å²) < 4.78 is 26.7. The second kappa shape index (κ2) is 5.71. The minimum absolute atomic E-state index is 0.0172. The lowest BCUT2D eigenvalue weighted by molar-refractivity contribution is 0.580. The van der Waals surface area contributed by atoms with E-state index >= 15 is 0 Å². The first-order valence-corrected chi connectivity index (χ1v) is 8.15. The maximum Gasteiger partial charge on any atom is 0.180 e. The SMILES string of the molecule is N#Cc1ccc(S(=O)(=O)CCn2cc(I)cn2)cc1. The van der Waals surface area contributed by atoms with Crippen LogP contribution in [-0.4, -0.2) is 24.0 Å². The average Bonchev–Trinajstić information content (AvgIpc) is 2.82. The van der Waals surface area contributed by atoms with Crippen LogP contribution in [0.2, 0.25) is 0 Å². The molecule has 0 aliphatic rings. The fraction of sp³-hybridized carbons (Fsp3) is 0.167. The quantitative estimate of drug-likeness (QED) is 0.751. The lowest BCUT2D eigenvalue weighted by atomic mass is 10.2. The summed E-state index contributed by atoms with van der Waals surface area (Å²) in [5.41, 5.74) is 0.445. The Hall–Kier alpha value is -1.40. The Bertz CT molecular complexity index is 714. The molecule has 0 atom stereocenters. The molecule has 5 nitrogen and oxygen atoms in total. The molecular weight excluding hydrogens is 377 g/mol. The van der Waals surface area contributed by atoms with E-state index < -0.39 is 9.84 Å². The highest BCUT2D eigenvalue weighted by molar-refractivity contribution is 14.1. The standard InChI is InChI=1S/C12H10IN3O2S/c13-11-8-15-16(9-11)5-6-19(17,18)12-3-1-10(7-14)2-4-12/h1-4,8-9H,5-6H2. The van der Waals surface area contributed by atoms with Crippen molar-refractivity contribution in [2.45, 2.75) is 11.4 Å². The van der Waals surface area contributed by atoms with Crippen molar-refractivity contribution in [2.75, 3.05) is 5.75 Å². The van der Waals surface area contributed by atoms with Gasteiger partial charge in [0.05, 0.1) is 38.6 Å². The molecule has 0 N–H and O–H groups in total. The second-order valence-electron chi connectivity index (χ2n) is 3.88. The van der Waals surface area contributed by atoms with Crippen molar-refractivity contribution in [1.82, 2.24) is 9.78 Å². The lowest BCUT2D eigenvalue weighted by Crippen LogP contribution is -2.13. The Labute approximate surface area is 124 Å². The van der Waals surface area contributed by atoms with E-state index in [1.54, 1.807) is 17.1 Å². The Balaban J connectivity index is 2.11. The predicted molar refractivity (Wildman–Crippen MR) is 78.2 cm³/mol. The van der Waals surface area contributed by atoms with E-state index in [1.807, 2.05) is 6.07 Å². The molecule has 7 heteroatoms. The second-order valence-corrected chi connectivity index (χ2v) is 7.23. The van der Waals surface area contributed by atoms with Crippen LogP contribution in [0.1, 0.15) is 5.56 Å². The number of sulfone groups is 1. The van der Waals surface area contributed by atoms with E-state index in [0.717, 1.165) is 3.57 Å². The molecule has 2 aromatic rings. The molecule has 98 valence electrons. The molecule has 0 fully saturated rings. The van der Waals surface area contributed by atoms with Crippen LogP contribution in [0.15, 0.2) is 41.6 Å². The smallest absolute Gasteiger partial charge is 0.180 e. The molecule has 1 aromatic heterocycles. The summed E-state index contributed by atoms with van der Waals surface area (Å²) in [5.74, 6) is -0.0172. The van der Waals surface area contributed by atoms with Gasteiger partial charge in [-0.3, -0.25) is 4.68 Å². The molecule has 19 heavy (non-hydrogen) atoms. The summed E-state index contributed by atoms with van der Waals surface area (Å²) in [6.07, 6.45) is 3.46. The third-order valence-corrected chi connectivity index (χ3v) is 4.80.